The molecule has 0 atom stereocenters. The summed E-state index contributed by atoms with van der Waals surface area (Å²) in [7, 11) is 0. The number of nitriles is 1. The standard InChI is InChI=1S/C43H17F18N3/c44-38(45,46)21-1-5-27-28-6-2-22(39(47,48)49)15-32(28)63(31(27)14-21)35-9-19(18-62)10-36(37(35)20-11-25(42(56,57)58)13-26(12-20)43(59,60)61)64-33-16-23(40(50,51)52)3-7-29(33)30-8-4-24(17-34(30)64)41(53,54)55/h1-17H. The van der Waals surface area contributed by atoms with Crippen molar-refractivity contribution in [3.63, 3.8) is 0 Å². The molecule has 3 nitrogen and oxygen atoms in total. The van der Waals surface area contributed by atoms with Crippen LogP contribution in [-0.4, -0.2) is 9.13 Å². The Bertz CT molecular complexity index is 2910. The maximum atomic E-state index is 14.5. The summed E-state index contributed by atoms with van der Waals surface area (Å²) in [5.41, 5.74) is -17.4. The highest BCUT2D eigenvalue weighted by Gasteiger charge is 2.40. The van der Waals surface area contributed by atoms with E-state index in [-0.39, 0.29) is 39.7 Å². The molecule has 0 N–H and O–H groups in total. The van der Waals surface area contributed by atoms with E-state index in [9.17, 15) is 84.3 Å². The van der Waals surface area contributed by atoms with Gasteiger partial charge in [-0.25, -0.2) is 0 Å². The maximum absolute atomic E-state index is 14.5. The molecule has 64 heavy (non-hydrogen) atoms. The monoisotopic (exact) mass is 917 g/mol. The number of hydrogen-bond donors (Lipinski definition) is 0. The molecule has 2 aromatic heterocycles. The van der Waals surface area contributed by atoms with Gasteiger partial charge in [0, 0.05) is 27.1 Å². The normalized spacial score (nSPS) is 13.5. The molecule has 2 heterocycles. The van der Waals surface area contributed by atoms with E-state index in [0.29, 0.717) is 69.8 Å². The smallest absolute Gasteiger partial charge is 0.308 e. The molecule has 0 fully saturated rings. The van der Waals surface area contributed by atoms with Crippen molar-refractivity contribution < 1.29 is 79.0 Å². The zero-order chi connectivity index (χ0) is 46.9. The number of nitrogens with zero attached hydrogens (tertiary/aromatic N) is 3. The molecule has 6 aromatic carbocycles. The Morgan fingerprint density at radius 1 is 0.328 bits per heavy atom. The molecule has 0 aliphatic rings. The van der Waals surface area contributed by atoms with Gasteiger partial charge in [-0.05, 0) is 84.4 Å². The lowest BCUT2D eigenvalue weighted by atomic mass is 9.94. The first kappa shape index (κ1) is 43.8. The van der Waals surface area contributed by atoms with E-state index in [1.54, 1.807) is 6.07 Å². The second kappa shape index (κ2) is 14.1. The molecule has 0 aliphatic heterocycles. The first-order valence-corrected chi connectivity index (χ1v) is 17.8. The van der Waals surface area contributed by atoms with Crippen molar-refractivity contribution in [3.05, 3.63) is 142 Å². The molecular formula is C43H17F18N3. The third kappa shape index (κ3) is 7.47. The van der Waals surface area contributed by atoms with Gasteiger partial charge >= 0.3 is 37.1 Å². The minimum Gasteiger partial charge on any atom is -0.308 e. The highest BCUT2D eigenvalue weighted by Crippen LogP contribution is 2.48. The fraction of sp³-hybridized carbons (Fsp3) is 0.140. The largest absolute Gasteiger partial charge is 0.416 e. The molecule has 0 unspecified atom stereocenters. The fourth-order valence-corrected chi connectivity index (χ4v) is 7.69. The van der Waals surface area contributed by atoms with Gasteiger partial charge in [-0.1, -0.05) is 24.3 Å². The molecule has 21 heteroatoms. The second-order valence-electron chi connectivity index (χ2n) is 14.4. The van der Waals surface area contributed by atoms with Crippen LogP contribution < -0.4 is 0 Å². The number of fused-ring (bicyclic) bond motifs is 6. The summed E-state index contributed by atoms with van der Waals surface area (Å²) in [4.78, 5) is 0. The molecule has 0 spiro atoms. The zero-order valence-electron chi connectivity index (χ0n) is 31.0. The van der Waals surface area contributed by atoms with Crippen molar-refractivity contribution >= 4 is 43.6 Å². The van der Waals surface area contributed by atoms with Crippen LogP contribution in [0, 0.1) is 11.3 Å². The van der Waals surface area contributed by atoms with E-state index in [1.807, 2.05) is 0 Å². The van der Waals surface area contributed by atoms with Crippen LogP contribution in [0.5, 0.6) is 0 Å². The Kier molecular flexibility index (Phi) is 9.63. The van der Waals surface area contributed by atoms with Gasteiger partial charge in [0.25, 0.3) is 0 Å². The van der Waals surface area contributed by atoms with Gasteiger partial charge < -0.3 is 9.13 Å². The number of rotatable bonds is 3. The van der Waals surface area contributed by atoms with Crippen molar-refractivity contribution in [2.24, 2.45) is 0 Å². The molecule has 0 bridgehead atoms. The summed E-state index contributed by atoms with van der Waals surface area (Å²) in [6.45, 7) is 0. The summed E-state index contributed by atoms with van der Waals surface area (Å²) in [6, 6.07) is 9.77. The van der Waals surface area contributed by atoms with E-state index in [0.717, 1.165) is 24.3 Å². The molecule has 0 saturated heterocycles. The SMILES string of the molecule is N#Cc1cc(-n2c3cc(C(F)(F)F)ccc3c3ccc(C(F)(F)F)cc32)c(-c2cc(C(F)(F)F)cc(C(F)(F)F)c2)c(-n2c3cc(C(F)(F)F)ccc3c3ccc(C(F)(F)F)cc32)c1. The van der Waals surface area contributed by atoms with Crippen LogP contribution in [0.4, 0.5) is 79.0 Å². The molecular weight excluding hydrogens is 900 g/mol. The highest BCUT2D eigenvalue weighted by atomic mass is 19.4. The van der Waals surface area contributed by atoms with Gasteiger partial charge in [-0.2, -0.15) is 84.3 Å². The van der Waals surface area contributed by atoms with E-state index in [1.165, 1.54) is 0 Å². The number of benzene rings is 6. The van der Waals surface area contributed by atoms with Gasteiger partial charge in [0.1, 0.15) is 0 Å². The minimum absolute atomic E-state index is 0.0932. The lowest BCUT2D eigenvalue weighted by Crippen LogP contribution is -2.12. The first-order valence-electron chi connectivity index (χ1n) is 17.8. The fourth-order valence-electron chi connectivity index (χ4n) is 7.69. The van der Waals surface area contributed by atoms with E-state index in [2.05, 4.69) is 0 Å². The number of halogens is 18. The molecule has 0 saturated carbocycles. The highest BCUT2D eigenvalue weighted by molar-refractivity contribution is 6.12. The third-order valence-corrected chi connectivity index (χ3v) is 10.4. The van der Waals surface area contributed by atoms with Gasteiger partial charge in [-0.15, -0.1) is 0 Å². The Balaban J connectivity index is 1.69. The van der Waals surface area contributed by atoms with Crippen LogP contribution in [-0.2, 0) is 37.1 Å². The maximum Gasteiger partial charge on any atom is 0.416 e. The molecule has 8 aromatic rings. The van der Waals surface area contributed by atoms with Crippen molar-refractivity contribution in [1.29, 1.82) is 5.26 Å². The topological polar surface area (TPSA) is 33.6 Å². The van der Waals surface area contributed by atoms with Crippen molar-refractivity contribution in [3.8, 4) is 28.6 Å². The van der Waals surface area contributed by atoms with Crippen molar-refractivity contribution in [2.75, 3.05) is 0 Å². The molecule has 0 radical (unpaired) electrons. The Morgan fingerprint density at radius 3 is 0.828 bits per heavy atom. The van der Waals surface area contributed by atoms with Crippen LogP contribution in [0.1, 0.15) is 38.9 Å². The number of hydrogen-bond acceptors (Lipinski definition) is 1. The Morgan fingerprint density at radius 2 is 0.594 bits per heavy atom. The van der Waals surface area contributed by atoms with Crippen molar-refractivity contribution in [2.45, 2.75) is 37.1 Å². The summed E-state index contributed by atoms with van der Waals surface area (Å²) >= 11 is 0. The van der Waals surface area contributed by atoms with Crippen LogP contribution in [0.3, 0.4) is 0 Å². The average molecular weight is 918 g/mol. The van der Waals surface area contributed by atoms with Gasteiger partial charge in [0.2, 0.25) is 0 Å². The minimum atomic E-state index is -5.62. The van der Waals surface area contributed by atoms with Gasteiger partial charge in [0.05, 0.1) is 78.5 Å². The van der Waals surface area contributed by atoms with E-state index < -0.39 is 121 Å². The number of alkyl halides is 18. The third-order valence-electron chi connectivity index (χ3n) is 10.4. The second-order valence-corrected chi connectivity index (χ2v) is 14.4. The van der Waals surface area contributed by atoms with E-state index in [4.69, 9.17) is 0 Å². The summed E-state index contributed by atoms with van der Waals surface area (Å²) in [6.07, 6.45) is -32.0. The van der Waals surface area contributed by atoms with Crippen LogP contribution in [0.15, 0.2) is 103 Å². The predicted octanol–water partition coefficient (Wildman–Crippen LogP) is 15.5. The Labute approximate surface area is 344 Å². The van der Waals surface area contributed by atoms with Crippen LogP contribution in [0.2, 0.25) is 0 Å². The molecule has 0 aliphatic carbocycles. The van der Waals surface area contributed by atoms with E-state index >= 15 is 0 Å². The molecule has 330 valence electrons. The summed E-state index contributed by atoms with van der Waals surface area (Å²) in [5.74, 6) is 0. The van der Waals surface area contributed by atoms with Crippen LogP contribution in [0.25, 0.3) is 66.1 Å². The predicted molar refractivity (Wildman–Crippen MR) is 195 cm³/mol. The number of aromatic nitrogens is 2. The molecule has 8 rings (SSSR count). The lowest BCUT2D eigenvalue weighted by Gasteiger charge is -2.23. The molecule has 0 amide bonds. The average Bonchev–Trinajstić information content (AvgIpc) is 3.69. The summed E-state index contributed by atoms with van der Waals surface area (Å²) < 4.78 is 260. The van der Waals surface area contributed by atoms with Gasteiger partial charge in [0.15, 0.2) is 0 Å². The van der Waals surface area contributed by atoms with Gasteiger partial charge in [-0.3, -0.25) is 0 Å². The van der Waals surface area contributed by atoms with Crippen molar-refractivity contribution in [1.82, 2.24) is 9.13 Å². The summed E-state index contributed by atoms with van der Waals surface area (Å²) in [5, 5.41) is 9.26. The zero-order valence-corrected chi connectivity index (χ0v) is 31.0. The lowest BCUT2D eigenvalue weighted by molar-refractivity contribution is -0.143. The first-order chi connectivity index (χ1) is 29.5. The van der Waals surface area contributed by atoms with Crippen LogP contribution >= 0.6 is 0 Å². The Hall–Kier alpha value is -6.85. The quantitative estimate of drug-likeness (QED) is 0.163.